The molecule has 0 unspecified atom stereocenters. The van der Waals surface area contributed by atoms with E-state index in [1.807, 2.05) is 0 Å². The molecule has 0 bridgehead atoms. The lowest BCUT2D eigenvalue weighted by Crippen LogP contribution is -2.50. The zero-order valence-corrected chi connectivity index (χ0v) is 12.9. The maximum absolute atomic E-state index is 11.5. The minimum absolute atomic E-state index is 0.139. The Kier molecular flexibility index (Phi) is 4.54. The van der Waals surface area contributed by atoms with E-state index < -0.39 is 0 Å². The minimum Gasteiger partial charge on any atom is -0.359 e. The average Bonchev–Trinajstić information content (AvgIpc) is 2.54. The van der Waals surface area contributed by atoms with E-state index >= 15 is 0 Å². The average molecular weight is 294 g/mol. The number of hydrogen-bond acceptors (Lipinski definition) is 2. The Morgan fingerprint density at radius 2 is 1.55 bits per heavy atom. The summed E-state index contributed by atoms with van der Waals surface area (Å²) in [5, 5.41) is 2.71. The third-order valence-electron chi connectivity index (χ3n) is 4.33. The highest BCUT2D eigenvalue weighted by Gasteiger charge is 2.34. The predicted molar refractivity (Wildman–Crippen MR) is 88.5 cm³/mol. The van der Waals surface area contributed by atoms with Crippen LogP contribution in [0.15, 0.2) is 60.7 Å². The molecule has 2 aromatic carbocycles. The van der Waals surface area contributed by atoms with E-state index in [-0.39, 0.29) is 11.9 Å². The molecule has 3 heteroatoms. The van der Waals surface area contributed by atoms with Crippen LogP contribution >= 0.6 is 0 Å². The predicted octanol–water partition coefficient (Wildman–Crippen LogP) is 2.84. The van der Waals surface area contributed by atoms with Gasteiger partial charge in [-0.15, -0.1) is 0 Å². The Labute approximate surface area is 132 Å². The van der Waals surface area contributed by atoms with Crippen molar-refractivity contribution in [2.45, 2.75) is 12.5 Å². The van der Waals surface area contributed by atoms with E-state index in [9.17, 15) is 4.79 Å². The molecule has 1 saturated heterocycles. The molecule has 1 amide bonds. The zero-order chi connectivity index (χ0) is 15.4. The summed E-state index contributed by atoms with van der Waals surface area (Å²) in [4.78, 5) is 14.0. The topological polar surface area (TPSA) is 32.3 Å². The van der Waals surface area contributed by atoms with Gasteiger partial charge in [-0.1, -0.05) is 60.7 Å². The maximum Gasteiger partial charge on any atom is 0.220 e. The van der Waals surface area contributed by atoms with E-state index in [4.69, 9.17) is 0 Å². The van der Waals surface area contributed by atoms with Crippen molar-refractivity contribution < 1.29 is 4.79 Å². The van der Waals surface area contributed by atoms with Crippen LogP contribution in [0.25, 0.3) is 0 Å². The lowest BCUT2D eigenvalue weighted by molar-refractivity contribution is -0.123. The van der Waals surface area contributed by atoms with Crippen LogP contribution < -0.4 is 5.32 Å². The van der Waals surface area contributed by atoms with Crippen molar-refractivity contribution in [2.75, 3.05) is 20.1 Å². The Hall–Kier alpha value is -2.13. The second kappa shape index (κ2) is 6.75. The first-order valence-corrected chi connectivity index (χ1v) is 7.82. The standard InChI is InChI=1S/C19H22N2O/c1-20-18(22)12-15-13-21(14-15)19(16-8-4-2-5-9-16)17-10-6-3-7-11-17/h2-11,15,19H,12-14H2,1H3,(H,20,22). The Morgan fingerprint density at radius 1 is 1.05 bits per heavy atom. The van der Waals surface area contributed by atoms with Crippen LogP contribution in [0.3, 0.4) is 0 Å². The van der Waals surface area contributed by atoms with Gasteiger partial charge in [-0.2, -0.15) is 0 Å². The van der Waals surface area contributed by atoms with Gasteiger partial charge in [-0.3, -0.25) is 9.69 Å². The van der Waals surface area contributed by atoms with Crippen molar-refractivity contribution in [3.8, 4) is 0 Å². The number of nitrogens with one attached hydrogen (secondary N) is 1. The molecule has 0 spiro atoms. The summed E-state index contributed by atoms with van der Waals surface area (Å²) < 4.78 is 0. The first-order valence-electron chi connectivity index (χ1n) is 7.82. The molecule has 1 aliphatic rings. The number of amides is 1. The largest absolute Gasteiger partial charge is 0.359 e. The third kappa shape index (κ3) is 3.20. The fraction of sp³-hybridized carbons (Fsp3) is 0.316. The van der Waals surface area contributed by atoms with E-state index in [1.54, 1.807) is 7.05 Å². The van der Waals surface area contributed by atoms with Gasteiger partial charge in [0, 0.05) is 26.6 Å². The van der Waals surface area contributed by atoms with Crippen LogP contribution in [-0.4, -0.2) is 30.9 Å². The lowest BCUT2D eigenvalue weighted by Gasteiger charge is -2.44. The van der Waals surface area contributed by atoms with Crippen LogP contribution in [-0.2, 0) is 4.79 Å². The van der Waals surface area contributed by atoms with E-state index in [1.165, 1.54) is 11.1 Å². The molecule has 0 atom stereocenters. The van der Waals surface area contributed by atoms with Crippen molar-refractivity contribution >= 4 is 5.91 Å². The monoisotopic (exact) mass is 294 g/mol. The second-order valence-corrected chi connectivity index (χ2v) is 5.92. The van der Waals surface area contributed by atoms with Crippen molar-refractivity contribution in [1.29, 1.82) is 0 Å². The summed E-state index contributed by atoms with van der Waals surface area (Å²) in [5.74, 6) is 0.607. The highest BCUT2D eigenvalue weighted by atomic mass is 16.1. The lowest BCUT2D eigenvalue weighted by atomic mass is 9.88. The number of carbonyl (C=O) groups is 1. The summed E-state index contributed by atoms with van der Waals surface area (Å²) in [6.07, 6.45) is 0.628. The molecule has 1 heterocycles. The molecule has 114 valence electrons. The Balaban J connectivity index is 1.76. The van der Waals surface area contributed by atoms with Gasteiger partial charge >= 0.3 is 0 Å². The first kappa shape index (κ1) is 14.8. The van der Waals surface area contributed by atoms with Gasteiger partial charge in [0.25, 0.3) is 0 Å². The summed E-state index contributed by atoms with van der Waals surface area (Å²) in [6.45, 7) is 1.95. The number of nitrogens with zero attached hydrogens (tertiary/aromatic N) is 1. The number of carbonyl (C=O) groups excluding carboxylic acids is 1. The molecule has 1 fully saturated rings. The molecule has 0 aromatic heterocycles. The molecule has 22 heavy (non-hydrogen) atoms. The van der Waals surface area contributed by atoms with Crippen LogP contribution in [0.5, 0.6) is 0 Å². The molecule has 1 aliphatic heterocycles. The van der Waals surface area contributed by atoms with E-state index in [2.05, 4.69) is 70.9 Å². The summed E-state index contributed by atoms with van der Waals surface area (Å²) in [7, 11) is 1.70. The smallest absolute Gasteiger partial charge is 0.220 e. The number of likely N-dealkylation sites (tertiary alicyclic amines) is 1. The van der Waals surface area contributed by atoms with E-state index in [0.717, 1.165) is 13.1 Å². The fourth-order valence-corrected chi connectivity index (χ4v) is 3.20. The summed E-state index contributed by atoms with van der Waals surface area (Å²) in [6, 6.07) is 21.5. The van der Waals surface area contributed by atoms with Crippen LogP contribution in [0.1, 0.15) is 23.6 Å². The number of rotatable bonds is 5. The van der Waals surface area contributed by atoms with Crippen LogP contribution in [0.2, 0.25) is 0 Å². The molecule has 2 aromatic rings. The van der Waals surface area contributed by atoms with E-state index in [0.29, 0.717) is 12.3 Å². The van der Waals surface area contributed by atoms with Gasteiger partial charge in [0.2, 0.25) is 5.91 Å². The number of hydrogen-bond donors (Lipinski definition) is 1. The van der Waals surface area contributed by atoms with Crippen molar-refractivity contribution in [1.82, 2.24) is 10.2 Å². The molecule has 3 rings (SSSR count). The van der Waals surface area contributed by atoms with Crippen molar-refractivity contribution in [3.05, 3.63) is 71.8 Å². The molecule has 3 nitrogen and oxygen atoms in total. The number of benzene rings is 2. The van der Waals surface area contributed by atoms with Gasteiger partial charge in [-0.25, -0.2) is 0 Å². The normalized spacial score (nSPS) is 15.5. The van der Waals surface area contributed by atoms with Gasteiger partial charge < -0.3 is 5.32 Å². The third-order valence-corrected chi connectivity index (χ3v) is 4.33. The Bertz CT molecular complexity index is 566. The van der Waals surface area contributed by atoms with Gasteiger partial charge in [0.05, 0.1) is 6.04 Å². The summed E-state index contributed by atoms with van der Waals surface area (Å²) in [5.41, 5.74) is 2.62. The van der Waals surface area contributed by atoms with Crippen molar-refractivity contribution in [3.63, 3.8) is 0 Å². The molecule has 1 N–H and O–H groups in total. The van der Waals surface area contributed by atoms with Gasteiger partial charge in [0.15, 0.2) is 0 Å². The van der Waals surface area contributed by atoms with Crippen LogP contribution in [0.4, 0.5) is 0 Å². The SMILES string of the molecule is CNC(=O)CC1CN(C(c2ccccc2)c2ccccc2)C1. The molecular formula is C19H22N2O. The molecule has 0 radical (unpaired) electrons. The quantitative estimate of drug-likeness (QED) is 0.919. The molecule has 0 saturated carbocycles. The first-order chi connectivity index (χ1) is 10.8. The maximum atomic E-state index is 11.5. The summed E-state index contributed by atoms with van der Waals surface area (Å²) >= 11 is 0. The molecule has 0 aliphatic carbocycles. The van der Waals surface area contributed by atoms with Crippen molar-refractivity contribution in [2.24, 2.45) is 5.92 Å². The van der Waals surface area contributed by atoms with Gasteiger partial charge in [-0.05, 0) is 17.0 Å². The van der Waals surface area contributed by atoms with Crippen LogP contribution in [0, 0.1) is 5.92 Å². The highest BCUT2D eigenvalue weighted by Crippen LogP contribution is 2.35. The Morgan fingerprint density at radius 3 is 2.00 bits per heavy atom. The van der Waals surface area contributed by atoms with Gasteiger partial charge in [0.1, 0.15) is 0 Å². The zero-order valence-electron chi connectivity index (χ0n) is 12.9. The molecular weight excluding hydrogens is 272 g/mol. The fourth-order valence-electron chi connectivity index (χ4n) is 3.20. The highest BCUT2D eigenvalue weighted by molar-refractivity contribution is 5.75. The second-order valence-electron chi connectivity index (χ2n) is 5.92. The minimum atomic E-state index is 0.139.